The Morgan fingerprint density at radius 3 is 2.77 bits per heavy atom. The van der Waals surface area contributed by atoms with E-state index in [0.717, 1.165) is 52.4 Å². The minimum Gasteiger partial charge on any atom is -0.411 e. The standard InChI is InChI=1S/C21H16F2N4O2S2/c1-11-3-4-13(7-12(11)2)19-26-27-21(29-19)31-10-18(28)25-20-24-17(9-30-20)15-8-14(22)5-6-16(15)23/h3-9H,10H2,1-2H3,(H,24,25,28). The highest BCUT2D eigenvalue weighted by atomic mass is 32.2. The van der Waals surface area contributed by atoms with Gasteiger partial charge < -0.3 is 9.73 Å². The molecule has 4 rings (SSSR count). The van der Waals surface area contributed by atoms with Crippen LogP contribution in [0.3, 0.4) is 0 Å². The average Bonchev–Trinajstić information content (AvgIpc) is 3.40. The first-order chi connectivity index (χ1) is 14.9. The van der Waals surface area contributed by atoms with Gasteiger partial charge in [-0.05, 0) is 55.3 Å². The van der Waals surface area contributed by atoms with Crippen LogP contribution in [0.1, 0.15) is 11.1 Å². The van der Waals surface area contributed by atoms with Gasteiger partial charge >= 0.3 is 0 Å². The molecule has 0 aliphatic rings. The summed E-state index contributed by atoms with van der Waals surface area (Å²) in [7, 11) is 0. The number of carbonyl (C=O) groups is 1. The number of rotatable bonds is 6. The number of anilines is 1. The van der Waals surface area contributed by atoms with Crippen molar-refractivity contribution in [2.75, 3.05) is 11.1 Å². The number of carbonyl (C=O) groups excluding carboxylic acids is 1. The molecule has 0 radical (unpaired) electrons. The summed E-state index contributed by atoms with van der Waals surface area (Å²) < 4.78 is 32.9. The van der Waals surface area contributed by atoms with Crippen molar-refractivity contribution in [3.05, 3.63) is 64.5 Å². The Labute approximate surface area is 184 Å². The van der Waals surface area contributed by atoms with Crippen LogP contribution in [-0.2, 0) is 4.79 Å². The van der Waals surface area contributed by atoms with Crippen molar-refractivity contribution >= 4 is 34.1 Å². The number of hydrogen-bond acceptors (Lipinski definition) is 7. The molecule has 0 atom stereocenters. The maximum Gasteiger partial charge on any atom is 0.277 e. The predicted octanol–water partition coefficient (Wildman–Crippen LogP) is 5.49. The molecule has 4 aromatic rings. The number of halogens is 2. The number of aromatic nitrogens is 3. The molecule has 2 aromatic carbocycles. The molecule has 1 amide bonds. The highest BCUT2D eigenvalue weighted by molar-refractivity contribution is 7.99. The predicted molar refractivity (Wildman–Crippen MR) is 116 cm³/mol. The number of nitrogens with one attached hydrogen (secondary N) is 1. The van der Waals surface area contributed by atoms with Crippen LogP contribution in [0.2, 0.25) is 0 Å². The Morgan fingerprint density at radius 1 is 1.13 bits per heavy atom. The van der Waals surface area contributed by atoms with E-state index in [9.17, 15) is 13.6 Å². The van der Waals surface area contributed by atoms with Gasteiger partial charge in [-0.2, -0.15) is 0 Å². The van der Waals surface area contributed by atoms with E-state index in [1.807, 2.05) is 32.0 Å². The Morgan fingerprint density at radius 2 is 1.97 bits per heavy atom. The summed E-state index contributed by atoms with van der Waals surface area (Å²) in [5.74, 6) is -1.08. The number of thiazole rings is 1. The van der Waals surface area contributed by atoms with Crippen LogP contribution in [0, 0.1) is 25.5 Å². The van der Waals surface area contributed by atoms with Crippen LogP contribution in [-0.4, -0.2) is 26.8 Å². The van der Waals surface area contributed by atoms with Crippen LogP contribution in [0.4, 0.5) is 13.9 Å². The fourth-order valence-corrected chi connectivity index (χ4v) is 3.98. The molecule has 0 saturated heterocycles. The molecule has 2 aromatic heterocycles. The van der Waals surface area contributed by atoms with E-state index in [0.29, 0.717) is 5.89 Å². The maximum absolute atomic E-state index is 13.9. The number of aryl methyl sites for hydroxylation is 2. The van der Waals surface area contributed by atoms with E-state index in [2.05, 4.69) is 20.5 Å². The largest absolute Gasteiger partial charge is 0.411 e. The summed E-state index contributed by atoms with van der Waals surface area (Å²) in [6, 6.07) is 8.98. The van der Waals surface area contributed by atoms with Crippen molar-refractivity contribution in [1.82, 2.24) is 15.2 Å². The first kappa shape index (κ1) is 21.1. The third kappa shape index (κ3) is 4.97. The molecule has 0 aliphatic heterocycles. The molecular formula is C21H16F2N4O2S2. The molecule has 2 heterocycles. The summed E-state index contributed by atoms with van der Waals surface area (Å²) in [5, 5.41) is 12.7. The lowest BCUT2D eigenvalue weighted by Gasteiger charge is -2.01. The highest BCUT2D eigenvalue weighted by Gasteiger charge is 2.15. The fourth-order valence-electron chi connectivity index (χ4n) is 2.69. The third-order valence-corrected chi connectivity index (χ3v) is 6.02. The molecule has 31 heavy (non-hydrogen) atoms. The van der Waals surface area contributed by atoms with E-state index in [1.165, 1.54) is 5.56 Å². The Kier molecular flexibility index (Phi) is 6.10. The van der Waals surface area contributed by atoms with E-state index >= 15 is 0 Å². The molecule has 0 saturated carbocycles. The SMILES string of the molecule is Cc1ccc(-c2nnc(SCC(=O)Nc3nc(-c4cc(F)ccc4F)cs3)o2)cc1C. The van der Waals surface area contributed by atoms with Gasteiger partial charge in [-0.3, -0.25) is 4.79 Å². The van der Waals surface area contributed by atoms with Gasteiger partial charge in [-0.15, -0.1) is 21.5 Å². The average molecular weight is 459 g/mol. The smallest absolute Gasteiger partial charge is 0.277 e. The molecular weight excluding hydrogens is 442 g/mol. The van der Waals surface area contributed by atoms with Crippen LogP contribution in [0.25, 0.3) is 22.7 Å². The summed E-state index contributed by atoms with van der Waals surface area (Å²) in [6.07, 6.45) is 0. The van der Waals surface area contributed by atoms with Crippen LogP contribution >= 0.6 is 23.1 Å². The van der Waals surface area contributed by atoms with Gasteiger partial charge in [0.2, 0.25) is 11.8 Å². The molecule has 158 valence electrons. The first-order valence-corrected chi connectivity index (χ1v) is 11.0. The van der Waals surface area contributed by atoms with Crippen molar-refractivity contribution in [3.8, 4) is 22.7 Å². The van der Waals surface area contributed by atoms with E-state index in [1.54, 1.807) is 5.38 Å². The van der Waals surface area contributed by atoms with Crippen molar-refractivity contribution in [2.24, 2.45) is 0 Å². The quantitative estimate of drug-likeness (QED) is 0.385. The molecule has 0 aliphatic carbocycles. The number of amides is 1. The van der Waals surface area contributed by atoms with Crippen molar-refractivity contribution in [2.45, 2.75) is 19.1 Å². The second-order valence-electron chi connectivity index (χ2n) is 6.67. The lowest BCUT2D eigenvalue weighted by molar-refractivity contribution is -0.113. The molecule has 6 nitrogen and oxygen atoms in total. The minimum absolute atomic E-state index is 0.0256. The van der Waals surface area contributed by atoms with Gasteiger partial charge in [0.1, 0.15) is 11.6 Å². The summed E-state index contributed by atoms with van der Waals surface area (Å²) in [4.78, 5) is 16.4. The van der Waals surface area contributed by atoms with Crippen molar-refractivity contribution < 1.29 is 18.0 Å². The lowest BCUT2D eigenvalue weighted by atomic mass is 10.1. The number of hydrogen-bond donors (Lipinski definition) is 1. The second kappa shape index (κ2) is 8.94. The van der Waals surface area contributed by atoms with E-state index < -0.39 is 11.6 Å². The zero-order valence-corrected chi connectivity index (χ0v) is 18.1. The zero-order valence-electron chi connectivity index (χ0n) is 16.5. The molecule has 0 spiro atoms. The second-order valence-corrected chi connectivity index (χ2v) is 8.46. The zero-order chi connectivity index (χ0) is 22.0. The topological polar surface area (TPSA) is 80.9 Å². The highest BCUT2D eigenvalue weighted by Crippen LogP contribution is 2.28. The van der Waals surface area contributed by atoms with Crippen LogP contribution < -0.4 is 5.32 Å². The minimum atomic E-state index is -0.587. The van der Waals surface area contributed by atoms with E-state index in [-0.39, 0.29) is 33.3 Å². The Hall–Kier alpha value is -3.11. The Bertz CT molecular complexity index is 1260. The normalized spacial score (nSPS) is 11.0. The molecule has 1 N–H and O–H groups in total. The Balaban J connectivity index is 1.36. The first-order valence-electron chi connectivity index (χ1n) is 9.14. The molecule has 10 heteroatoms. The summed E-state index contributed by atoms with van der Waals surface area (Å²) in [6.45, 7) is 4.02. The van der Waals surface area contributed by atoms with Gasteiger partial charge in [0.25, 0.3) is 5.22 Å². The molecule has 0 fully saturated rings. The molecule has 0 bridgehead atoms. The van der Waals surface area contributed by atoms with Crippen molar-refractivity contribution in [3.63, 3.8) is 0 Å². The van der Waals surface area contributed by atoms with Gasteiger partial charge in [-0.1, -0.05) is 17.8 Å². The third-order valence-electron chi connectivity index (χ3n) is 4.44. The fraction of sp³-hybridized carbons (Fsp3) is 0.143. The van der Waals surface area contributed by atoms with E-state index in [4.69, 9.17) is 4.42 Å². The number of thioether (sulfide) groups is 1. The van der Waals surface area contributed by atoms with Gasteiger partial charge in [-0.25, -0.2) is 13.8 Å². The monoisotopic (exact) mass is 458 g/mol. The molecule has 0 unspecified atom stereocenters. The van der Waals surface area contributed by atoms with Gasteiger partial charge in [0.15, 0.2) is 5.13 Å². The summed E-state index contributed by atoms with van der Waals surface area (Å²) >= 11 is 2.21. The van der Waals surface area contributed by atoms with Crippen molar-refractivity contribution in [1.29, 1.82) is 0 Å². The van der Waals surface area contributed by atoms with Crippen LogP contribution in [0.15, 0.2) is 51.4 Å². The number of benzene rings is 2. The van der Waals surface area contributed by atoms with Crippen LogP contribution in [0.5, 0.6) is 0 Å². The maximum atomic E-state index is 13.9. The lowest BCUT2D eigenvalue weighted by Crippen LogP contribution is -2.13. The van der Waals surface area contributed by atoms with Gasteiger partial charge in [0, 0.05) is 16.5 Å². The van der Waals surface area contributed by atoms with Gasteiger partial charge in [0.05, 0.1) is 11.4 Å². The summed E-state index contributed by atoms with van der Waals surface area (Å²) in [5.41, 5.74) is 3.38. The number of nitrogens with zero attached hydrogens (tertiary/aromatic N) is 3.